The molecule has 1 aromatic carbocycles. The van der Waals surface area contributed by atoms with Crippen molar-refractivity contribution >= 4 is 28.3 Å². The van der Waals surface area contributed by atoms with Gasteiger partial charge < -0.3 is 10.6 Å². The maximum atomic E-state index is 11.7. The molecule has 7 heteroatoms. The van der Waals surface area contributed by atoms with Crippen LogP contribution in [0, 0.1) is 6.92 Å². The monoisotopic (exact) mass is 304 g/mol. The molecule has 21 heavy (non-hydrogen) atoms. The van der Waals surface area contributed by atoms with Crippen LogP contribution in [-0.2, 0) is 16.0 Å². The fraction of sp³-hybridized carbons (Fsp3) is 0.286. The van der Waals surface area contributed by atoms with Crippen LogP contribution in [0.1, 0.15) is 17.0 Å². The van der Waals surface area contributed by atoms with Crippen molar-refractivity contribution in [2.75, 3.05) is 11.9 Å². The first kappa shape index (κ1) is 15.1. The number of hydrogen-bond acceptors (Lipinski definition) is 5. The van der Waals surface area contributed by atoms with Gasteiger partial charge in [-0.2, -0.15) is 0 Å². The summed E-state index contributed by atoms with van der Waals surface area (Å²) in [6, 6.07) is 9.47. The van der Waals surface area contributed by atoms with E-state index in [0.29, 0.717) is 18.1 Å². The summed E-state index contributed by atoms with van der Waals surface area (Å²) in [5.41, 5.74) is 0.948. The quantitative estimate of drug-likeness (QED) is 0.848. The molecule has 2 N–H and O–H groups in total. The van der Waals surface area contributed by atoms with Gasteiger partial charge in [0.25, 0.3) is 0 Å². The lowest BCUT2D eigenvalue weighted by molar-refractivity contribution is -0.120. The molecule has 0 aliphatic carbocycles. The largest absolute Gasteiger partial charge is 0.355 e. The van der Waals surface area contributed by atoms with E-state index in [1.165, 1.54) is 11.3 Å². The Morgan fingerprint density at radius 2 is 1.90 bits per heavy atom. The number of aromatic nitrogens is 2. The summed E-state index contributed by atoms with van der Waals surface area (Å²) in [6.45, 7) is 2.12. The molecular formula is C14H16N4O2S. The first-order chi connectivity index (χ1) is 10.1. The standard InChI is InChI=1S/C14H16N4O2S/c1-10-17-18-14(21-10)16-12(19)7-8-15-13(20)9-11-5-3-2-4-6-11/h2-6H,7-9H2,1H3,(H,15,20)(H,16,18,19). The van der Waals surface area contributed by atoms with Crippen LogP contribution in [0.4, 0.5) is 5.13 Å². The number of hydrogen-bond donors (Lipinski definition) is 2. The van der Waals surface area contributed by atoms with Gasteiger partial charge in [-0.3, -0.25) is 9.59 Å². The smallest absolute Gasteiger partial charge is 0.227 e. The number of nitrogens with zero attached hydrogens (tertiary/aromatic N) is 2. The van der Waals surface area contributed by atoms with Gasteiger partial charge in [0.05, 0.1) is 6.42 Å². The minimum absolute atomic E-state index is 0.0965. The van der Waals surface area contributed by atoms with E-state index in [1.807, 2.05) is 37.3 Å². The maximum Gasteiger partial charge on any atom is 0.227 e. The third-order valence-corrected chi connectivity index (χ3v) is 3.41. The van der Waals surface area contributed by atoms with Crippen molar-refractivity contribution in [2.45, 2.75) is 19.8 Å². The highest BCUT2D eigenvalue weighted by atomic mass is 32.1. The molecule has 2 aromatic rings. The fourth-order valence-electron chi connectivity index (χ4n) is 1.69. The van der Waals surface area contributed by atoms with Crippen LogP contribution in [0.5, 0.6) is 0 Å². The zero-order chi connectivity index (χ0) is 15.1. The second-order valence-corrected chi connectivity index (χ2v) is 5.62. The molecule has 1 aromatic heterocycles. The Balaban J connectivity index is 1.67. The average molecular weight is 304 g/mol. The van der Waals surface area contributed by atoms with Gasteiger partial charge in [-0.15, -0.1) is 10.2 Å². The zero-order valence-electron chi connectivity index (χ0n) is 11.6. The molecule has 0 aliphatic heterocycles. The molecule has 6 nitrogen and oxygen atoms in total. The Labute approximate surface area is 126 Å². The van der Waals surface area contributed by atoms with Gasteiger partial charge in [0.2, 0.25) is 16.9 Å². The second kappa shape index (κ2) is 7.49. The summed E-state index contributed by atoms with van der Waals surface area (Å²) in [5.74, 6) is -0.285. The van der Waals surface area contributed by atoms with Gasteiger partial charge in [-0.1, -0.05) is 41.7 Å². The number of anilines is 1. The van der Waals surface area contributed by atoms with E-state index >= 15 is 0 Å². The number of amides is 2. The minimum atomic E-state index is -0.189. The van der Waals surface area contributed by atoms with Crippen molar-refractivity contribution in [3.8, 4) is 0 Å². The number of rotatable bonds is 6. The molecule has 0 unspecified atom stereocenters. The molecule has 0 bridgehead atoms. The molecule has 2 rings (SSSR count). The molecule has 0 saturated heterocycles. The maximum absolute atomic E-state index is 11.7. The lowest BCUT2D eigenvalue weighted by Crippen LogP contribution is -2.28. The van der Waals surface area contributed by atoms with Crippen LogP contribution >= 0.6 is 11.3 Å². The van der Waals surface area contributed by atoms with Crippen molar-refractivity contribution in [1.82, 2.24) is 15.5 Å². The predicted octanol–water partition coefficient (Wildman–Crippen LogP) is 1.53. The number of benzene rings is 1. The average Bonchev–Trinajstić information content (AvgIpc) is 2.85. The predicted molar refractivity (Wildman–Crippen MR) is 81.0 cm³/mol. The summed E-state index contributed by atoms with van der Waals surface area (Å²) < 4.78 is 0. The molecule has 0 aliphatic rings. The lowest BCUT2D eigenvalue weighted by atomic mass is 10.1. The zero-order valence-corrected chi connectivity index (χ0v) is 12.4. The number of nitrogens with one attached hydrogen (secondary N) is 2. The molecular weight excluding hydrogens is 288 g/mol. The van der Waals surface area contributed by atoms with E-state index in [9.17, 15) is 9.59 Å². The topological polar surface area (TPSA) is 84.0 Å². The molecule has 0 saturated carbocycles. The normalized spacial score (nSPS) is 10.1. The van der Waals surface area contributed by atoms with Gasteiger partial charge >= 0.3 is 0 Å². The highest BCUT2D eigenvalue weighted by molar-refractivity contribution is 7.15. The Morgan fingerprint density at radius 1 is 1.14 bits per heavy atom. The van der Waals surface area contributed by atoms with Crippen LogP contribution in [-0.4, -0.2) is 28.6 Å². The first-order valence-electron chi connectivity index (χ1n) is 6.54. The van der Waals surface area contributed by atoms with Crippen LogP contribution < -0.4 is 10.6 Å². The summed E-state index contributed by atoms with van der Waals surface area (Å²) in [7, 11) is 0. The van der Waals surface area contributed by atoms with Crippen molar-refractivity contribution in [2.24, 2.45) is 0 Å². The van der Waals surface area contributed by atoms with E-state index in [0.717, 1.165) is 10.6 Å². The lowest BCUT2D eigenvalue weighted by Gasteiger charge is -2.05. The molecule has 110 valence electrons. The SMILES string of the molecule is Cc1nnc(NC(=O)CCNC(=O)Cc2ccccc2)s1. The van der Waals surface area contributed by atoms with E-state index in [-0.39, 0.29) is 18.2 Å². The van der Waals surface area contributed by atoms with Crippen molar-refractivity contribution in [1.29, 1.82) is 0 Å². The molecule has 1 heterocycles. The van der Waals surface area contributed by atoms with Crippen molar-refractivity contribution < 1.29 is 9.59 Å². The van der Waals surface area contributed by atoms with Crippen LogP contribution in [0.15, 0.2) is 30.3 Å². The first-order valence-corrected chi connectivity index (χ1v) is 7.36. The van der Waals surface area contributed by atoms with Crippen LogP contribution in [0.25, 0.3) is 0 Å². The highest BCUT2D eigenvalue weighted by Gasteiger charge is 2.07. The van der Waals surface area contributed by atoms with Crippen molar-refractivity contribution in [3.63, 3.8) is 0 Å². The van der Waals surface area contributed by atoms with Crippen LogP contribution in [0.3, 0.4) is 0 Å². The van der Waals surface area contributed by atoms with E-state index in [2.05, 4.69) is 20.8 Å². The number of carbonyl (C=O) groups excluding carboxylic acids is 2. The Bertz CT molecular complexity index is 612. The highest BCUT2D eigenvalue weighted by Crippen LogP contribution is 2.13. The molecule has 0 fully saturated rings. The number of carbonyl (C=O) groups is 2. The van der Waals surface area contributed by atoms with Gasteiger partial charge in [0.1, 0.15) is 5.01 Å². The number of aryl methyl sites for hydroxylation is 1. The Kier molecular flexibility index (Phi) is 5.39. The second-order valence-electron chi connectivity index (χ2n) is 4.44. The van der Waals surface area contributed by atoms with Gasteiger partial charge in [-0.05, 0) is 12.5 Å². The van der Waals surface area contributed by atoms with Gasteiger partial charge in [0, 0.05) is 13.0 Å². The summed E-state index contributed by atoms with van der Waals surface area (Å²) in [5, 5.41) is 14.2. The Hall–Kier alpha value is -2.28. The molecule has 0 spiro atoms. The minimum Gasteiger partial charge on any atom is -0.355 e. The molecule has 0 radical (unpaired) electrons. The van der Waals surface area contributed by atoms with Gasteiger partial charge in [0.15, 0.2) is 0 Å². The third-order valence-electron chi connectivity index (χ3n) is 2.65. The third kappa shape index (κ3) is 5.31. The van der Waals surface area contributed by atoms with E-state index < -0.39 is 0 Å². The van der Waals surface area contributed by atoms with Gasteiger partial charge in [-0.25, -0.2) is 0 Å². The Morgan fingerprint density at radius 3 is 2.57 bits per heavy atom. The summed E-state index contributed by atoms with van der Waals surface area (Å²) in [6.07, 6.45) is 0.525. The molecule has 0 atom stereocenters. The fourth-order valence-corrected chi connectivity index (χ4v) is 2.30. The van der Waals surface area contributed by atoms with E-state index in [1.54, 1.807) is 0 Å². The van der Waals surface area contributed by atoms with E-state index in [4.69, 9.17) is 0 Å². The van der Waals surface area contributed by atoms with Crippen LogP contribution in [0.2, 0.25) is 0 Å². The van der Waals surface area contributed by atoms with Crippen molar-refractivity contribution in [3.05, 3.63) is 40.9 Å². The molecule has 2 amide bonds. The summed E-state index contributed by atoms with van der Waals surface area (Å²) in [4.78, 5) is 23.3. The summed E-state index contributed by atoms with van der Waals surface area (Å²) >= 11 is 1.32.